The number of amides is 1. The van der Waals surface area contributed by atoms with Crippen LogP contribution in [-0.2, 0) is 19.0 Å². The number of rotatable bonds is 1. The number of hydrogen-bond donors (Lipinski definition) is 0. The molecule has 104 valence electrons. The highest BCUT2D eigenvalue weighted by atomic mass is 16.6. The maximum absolute atomic E-state index is 12.0. The molecule has 1 heterocycles. The molecular formula is C12H21NO5. The fourth-order valence-electron chi connectivity index (χ4n) is 1.65. The van der Waals surface area contributed by atoms with Gasteiger partial charge < -0.3 is 14.2 Å². The zero-order valence-electron chi connectivity index (χ0n) is 11.4. The average molecular weight is 259 g/mol. The normalized spacial score (nSPS) is 21.1. The zero-order valence-corrected chi connectivity index (χ0v) is 11.4. The van der Waals surface area contributed by atoms with Crippen LogP contribution in [0.2, 0.25) is 0 Å². The lowest BCUT2D eigenvalue weighted by atomic mass is 10.2. The van der Waals surface area contributed by atoms with Gasteiger partial charge in [0, 0.05) is 13.2 Å². The minimum atomic E-state index is -0.729. The van der Waals surface area contributed by atoms with Crippen molar-refractivity contribution < 1.29 is 23.8 Å². The number of esters is 1. The number of ether oxygens (including phenoxy) is 3. The van der Waals surface area contributed by atoms with E-state index in [1.165, 1.54) is 12.0 Å². The Morgan fingerprint density at radius 2 is 2.00 bits per heavy atom. The van der Waals surface area contributed by atoms with Crippen molar-refractivity contribution in [2.24, 2.45) is 0 Å². The highest BCUT2D eigenvalue weighted by molar-refractivity contribution is 5.81. The van der Waals surface area contributed by atoms with Gasteiger partial charge in [-0.05, 0) is 27.2 Å². The number of nitrogens with zero attached hydrogens (tertiary/aromatic N) is 1. The van der Waals surface area contributed by atoms with Crippen molar-refractivity contribution in [2.45, 2.75) is 38.8 Å². The summed E-state index contributed by atoms with van der Waals surface area (Å²) in [7, 11) is 1.29. The summed E-state index contributed by atoms with van der Waals surface area (Å²) in [6.45, 7) is 6.44. The van der Waals surface area contributed by atoms with Crippen LogP contribution in [0.5, 0.6) is 0 Å². The summed E-state index contributed by atoms with van der Waals surface area (Å²) < 4.78 is 15.3. The molecule has 0 aromatic carbocycles. The Morgan fingerprint density at radius 1 is 1.33 bits per heavy atom. The van der Waals surface area contributed by atoms with Gasteiger partial charge in [0.2, 0.25) is 0 Å². The molecule has 1 amide bonds. The Morgan fingerprint density at radius 3 is 2.56 bits per heavy atom. The van der Waals surface area contributed by atoms with E-state index in [1.54, 1.807) is 20.8 Å². The third-order valence-electron chi connectivity index (χ3n) is 2.44. The Hall–Kier alpha value is -1.30. The van der Waals surface area contributed by atoms with Gasteiger partial charge in [-0.3, -0.25) is 4.90 Å². The lowest BCUT2D eigenvalue weighted by Crippen LogP contribution is -2.49. The fourth-order valence-corrected chi connectivity index (χ4v) is 1.65. The van der Waals surface area contributed by atoms with E-state index in [1.807, 2.05) is 0 Å². The first-order chi connectivity index (χ1) is 8.35. The number of carbonyl (C=O) groups excluding carboxylic acids is 2. The smallest absolute Gasteiger partial charge is 0.411 e. The van der Waals surface area contributed by atoms with Crippen LogP contribution >= 0.6 is 0 Å². The van der Waals surface area contributed by atoms with Crippen LogP contribution in [0.4, 0.5) is 4.79 Å². The molecule has 1 aliphatic rings. The van der Waals surface area contributed by atoms with Crippen molar-refractivity contribution >= 4 is 12.1 Å². The first kappa shape index (κ1) is 14.8. The molecule has 0 aromatic rings. The molecule has 0 radical (unpaired) electrons. The largest absolute Gasteiger partial charge is 0.467 e. The lowest BCUT2D eigenvalue weighted by molar-refractivity contribution is -0.148. The van der Waals surface area contributed by atoms with Crippen LogP contribution in [-0.4, -0.2) is 55.5 Å². The van der Waals surface area contributed by atoms with Gasteiger partial charge in [0.1, 0.15) is 5.60 Å². The minimum absolute atomic E-state index is 0.145. The van der Waals surface area contributed by atoms with Crippen LogP contribution in [0.3, 0.4) is 0 Å². The molecule has 0 aliphatic carbocycles. The standard InChI is InChI=1S/C12H21NO5/c1-12(2,3)18-11(15)13-6-5-7-17-8-9(13)10(14)16-4/h9H,5-8H2,1-4H3. The fraction of sp³-hybridized carbons (Fsp3) is 0.833. The molecule has 1 unspecified atom stereocenters. The Balaban J connectivity index is 2.79. The van der Waals surface area contributed by atoms with Crippen molar-refractivity contribution in [1.82, 2.24) is 4.90 Å². The van der Waals surface area contributed by atoms with E-state index in [0.29, 0.717) is 19.6 Å². The first-order valence-corrected chi connectivity index (χ1v) is 6.00. The molecule has 18 heavy (non-hydrogen) atoms. The van der Waals surface area contributed by atoms with E-state index in [9.17, 15) is 9.59 Å². The first-order valence-electron chi connectivity index (χ1n) is 6.00. The van der Waals surface area contributed by atoms with Crippen molar-refractivity contribution in [1.29, 1.82) is 0 Å². The van der Waals surface area contributed by atoms with Crippen molar-refractivity contribution in [3.63, 3.8) is 0 Å². The highest BCUT2D eigenvalue weighted by Gasteiger charge is 2.34. The van der Waals surface area contributed by atoms with E-state index in [2.05, 4.69) is 4.74 Å². The predicted molar refractivity (Wildman–Crippen MR) is 64.2 cm³/mol. The van der Waals surface area contributed by atoms with Crippen LogP contribution in [0.25, 0.3) is 0 Å². The third-order valence-corrected chi connectivity index (χ3v) is 2.44. The molecule has 0 N–H and O–H groups in total. The minimum Gasteiger partial charge on any atom is -0.467 e. The second-order valence-electron chi connectivity index (χ2n) is 5.14. The van der Waals surface area contributed by atoms with E-state index >= 15 is 0 Å². The third kappa shape index (κ3) is 4.18. The molecule has 0 bridgehead atoms. The quantitative estimate of drug-likeness (QED) is 0.662. The monoisotopic (exact) mass is 259 g/mol. The van der Waals surface area contributed by atoms with Crippen LogP contribution in [0.1, 0.15) is 27.2 Å². The van der Waals surface area contributed by atoms with Gasteiger partial charge in [-0.1, -0.05) is 0 Å². The van der Waals surface area contributed by atoms with Gasteiger partial charge in [0.15, 0.2) is 6.04 Å². The van der Waals surface area contributed by atoms with Crippen molar-refractivity contribution in [3.05, 3.63) is 0 Å². The topological polar surface area (TPSA) is 65.1 Å². The van der Waals surface area contributed by atoms with E-state index in [4.69, 9.17) is 9.47 Å². The molecule has 1 saturated heterocycles. The molecule has 1 aliphatic heterocycles. The van der Waals surface area contributed by atoms with Gasteiger partial charge in [-0.15, -0.1) is 0 Å². The molecule has 0 spiro atoms. The second-order valence-corrected chi connectivity index (χ2v) is 5.14. The Kier molecular flexibility index (Phi) is 4.95. The zero-order chi connectivity index (χ0) is 13.8. The van der Waals surface area contributed by atoms with Crippen molar-refractivity contribution in [2.75, 3.05) is 26.9 Å². The molecule has 1 fully saturated rings. The number of carbonyl (C=O) groups is 2. The Bertz CT molecular complexity index is 310. The lowest BCUT2D eigenvalue weighted by Gasteiger charge is -2.30. The predicted octanol–water partition coefficient (Wildman–Crippen LogP) is 1.19. The highest BCUT2D eigenvalue weighted by Crippen LogP contribution is 2.15. The molecule has 1 atom stereocenters. The second kappa shape index (κ2) is 6.04. The molecular weight excluding hydrogens is 238 g/mol. The molecule has 6 nitrogen and oxygen atoms in total. The summed E-state index contributed by atoms with van der Waals surface area (Å²) in [6, 6.07) is -0.729. The average Bonchev–Trinajstić information content (AvgIpc) is 2.50. The Labute approximate surface area is 107 Å². The SMILES string of the molecule is COC(=O)C1COCCCN1C(=O)OC(C)(C)C. The van der Waals surface area contributed by atoms with Crippen LogP contribution in [0.15, 0.2) is 0 Å². The number of methoxy groups -OCH3 is 1. The van der Waals surface area contributed by atoms with Gasteiger partial charge in [-0.25, -0.2) is 9.59 Å². The summed E-state index contributed by atoms with van der Waals surface area (Å²) in [5.74, 6) is -0.484. The van der Waals surface area contributed by atoms with Gasteiger partial charge >= 0.3 is 12.1 Å². The molecule has 0 aromatic heterocycles. The van der Waals surface area contributed by atoms with E-state index < -0.39 is 23.7 Å². The van der Waals surface area contributed by atoms with Gasteiger partial charge in [0.05, 0.1) is 13.7 Å². The summed E-state index contributed by atoms with van der Waals surface area (Å²) >= 11 is 0. The molecule has 0 saturated carbocycles. The van der Waals surface area contributed by atoms with Crippen LogP contribution < -0.4 is 0 Å². The summed E-state index contributed by atoms with van der Waals surface area (Å²) in [4.78, 5) is 25.1. The van der Waals surface area contributed by atoms with Gasteiger partial charge in [0.25, 0.3) is 0 Å². The van der Waals surface area contributed by atoms with E-state index in [0.717, 1.165) is 0 Å². The molecule has 6 heteroatoms. The maximum Gasteiger partial charge on any atom is 0.411 e. The number of hydrogen-bond acceptors (Lipinski definition) is 5. The summed E-state index contributed by atoms with van der Waals surface area (Å²) in [5.41, 5.74) is -0.592. The summed E-state index contributed by atoms with van der Waals surface area (Å²) in [5, 5.41) is 0. The van der Waals surface area contributed by atoms with E-state index in [-0.39, 0.29) is 6.61 Å². The molecule has 1 rings (SSSR count). The summed E-state index contributed by atoms with van der Waals surface area (Å²) in [6.07, 6.45) is 0.163. The van der Waals surface area contributed by atoms with Gasteiger partial charge in [-0.2, -0.15) is 0 Å². The van der Waals surface area contributed by atoms with Crippen LogP contribution in [0, 0.1) is 0 Å². The van der Waals surface area contributed by atoms with Crippen molar-refractivity contribution in [3.8, 4) is 0 Å². The maximum atomic E-state index is 12.0.